The normalized spacial score (nSPS) is 16.5. The first-order valence-corrected chi connectivity index (χ1v) is 8.53. The van der Waals surface area contributed by atoms with Crippen molar-refractivity contribution in [3.05, 3.63) is 41.7 Å². The zero-order valence-corrected chi connectivity index (χ0v) is 15.2. The molecule has 0 saturated carbocycles. The number of benzene rings is 1. The summed E-state index contributed by atoms with van der Waals surface area (Å²) in [5, 5.41) is 0. The van der Waals surface area contributed by atoms with E-state index in [1.54, 1.807) is 49.0 Å². The Bertz CT molecular complexity index is 658. The van der Waals surface area contributed by atoms with Crippen LogP contribution in [0, 0.1) is 5.82 Å². The van der Waals surface area contributed by atoms with Crippen LogP contribution in [0.15, 0.2) is 30.3 Å². The fraction of sp³-hybridized carbons (Fsp3) is 0.474. The van der Waals surface area contributed by atoms with E-state index in [0.717, 1.165) is 13.0 Å². The average Bonchev–Trinajstić information content (AvgIpc) is 2.80. The standard InChI is InChI=1S/C19H26FN3O2/c1-15(16-7-4-5-8-17(16)20)13-18(24)23-10-6-9-22(11-12-23)14-19(25)21(2)3/h4-5,7-8,13H,6,9-12,14H2,1-3H3. The number of nitrogens with zero attached hydrogens (tertiary/aromatic N) is 3. The molecule has 2 amide bonds. The van der Waals surface area contributed by atoms with Crippen molar-refractivity contribution in [2.24, 2.45) is 0 Å². The van der Waals surface area contributed by atoms with Gasteiger partial charge in [0.2, 0.25) is 11.8 Å². The molecule has 0 spiro atoms. The average molecular weight is 347 g/mol. The fourth-order valence-corrected chi connectivity index (χ4v) is 2.82. The Morgan fingerprint density at radius 1 is 1.16 bits per heavy atom. The van der Waals surface area contributed by atoms with E-state index >= 15 is 0 Å². The maximum atomic E-state index is 13.8. The topological polar surface area (TPSA) is 43.9 Å². The van der Waals surface area contributed by atoms with Crippen LogP contribution in [-0.4, -0.2) is 73.3 Å². The zero-order chi connectivity index (χ0) is 18.4. The maximum Gasteiger partial charge on any atom is 0.246 e. The van der Waals surface area contributed by atoms with Crippen molar-refractivity contribution in [3.8, 4) is 0 Å². The first kappa shape index (κ1) is 19.1. The molecule has 0 unspecified atom stereocenters. The minimum absolute atomic E-state index is 0.0649. The van der Waals surface area contributed by atoms with Crippen molar-refractivity contribution in [2.45, 2.75) is 13.3 Å². The second-order valence-corrected chi connectivity index (χ2v) is 6.55. The van der Waals surface area contributed by atoms with E-state index in [1.165, 1.54) is 12.1 Å². The number of amides is 2. The number of halogens is 1. The van der Waals surface area contributed by atoms with Gasteiger partial charge in [0.05, 0.1) is 6.54 Å². The van der Waals surface area contributed by atoms with Gasteiger partial charge in [-0.05, 0) is 25.0 Å². The first-order chi connectivity index (χ1) is 11.9. The van der Waals surface area contributed by atoms with Crippen molar-refractivity contribution in [3.63, 3.8) is 0 Å². The zero-order valence-electron chi connectivity index (χ0n) is 15.2. The summed E-state index contributed by atoms with van der Waals surface area (Å²) >= 11 is 0. The summed E-state index contributed by atoms with van der Waals surface area (Å²) in [5.74, 6) is -0.370. The third-order valence-electron chi connectivity index (χ3n) is 4.40. The summed E-state index contributed by atoms with van der Waals surface area (Å²) in [4.78, 5) is 29.8. The molecule has 0 atom stereocenters. The van der Waals surface area contributed by atoms with E-state index in [2.05, 4.69) is 4.90 Å². The largest absolute Gasteiger partial charge is 0.348 e. The molecule has 1 aliphatic heterocycles. The van der Waals surface area contributed by atoms with Crippen LogP contribution in [0.3, 0.4) is 0 Å². The number of allylic oxidation sites excluding steroid dienone is 1. The van der Waals surface area contributed by atoms with Gasteiger partial charge in [-0.15, -0.1) is 0 Å². The van der Waals surface area contributed by atoms with Crippen LogP contribution in [-0.2, 0) is 9.59 Å². The molecule has 1 aromatic carbocycles. The predicted octanol–water partition coefficient (Wildman–Crippen LogP) is 1.85. The summed E-state index contributed by atoms with van der Waals surface area (Å²) in [6.07, 6.45) is 2.32. The molecule has 25 heavy (non-hydrogen) atoms. The molecule has 6 heteroatoms. The Morgan fingerprint density at radius 3 is 2.56 bits per heavy atom. The van der Waals surface area contributed by atoms with E-state index in [4.69, 9.17) is 0 Å². The highest BCUT2D eigenvalue weighted by Crippen LogP contribution is 2.18. The quantitative estimate of drug-likeness (QED) is 0.781. The number of hydrogen-bond donors (Lipinski definition) is 0. The molecule has 0 N–H and O–H groups in total. The van der Waals surface area contributed by atoms with Crippen LogP contribution < -0.4 is 0 Å². The van der Waals surface area contributed by atoms with Crippen LogP contribution in [0.5, 0.6) is 0 Å². The molecule has 1 aromatic rings. The van der Waals surface area contributed by atoms with Gasteiger partial charge in [-0.1, -0.05) is 18.2 Å². The summed E-state index contributed by atoms with van der Waals surface area (Å²) in [6.45, 7) is 4.79. The van der Waals surface area contributed by atoms with Gasteiger partial charge < -0.3 is 9.80 Å². The number of carbonyl (C=O) groups is 2. The number of likely N-dealkylation sites (N-methyl/N-ethyl adjacent to an activating group) is 1. The second-order valence-electron chi connectivity index (χ2n) is 6.55. The van der Waals surface area contributed by atoms with Crippen molar-refractivity contribution in [1.29, 1.82) is 0 Å². The Morgan fingerprint density at radius 2 is 1.88 bits per heavy atom. The molecule has 1 fully saturated rings. The van der Waals surface area contributed by atoms with Crippen LogP contribution >= 0.6 is 0 Å². The maximum absolute atomic E-state index is 13.8. The van der Waals surface area contributed by atoms with Gasteiger partial charge in [0, 0.05) is 51.9 Å². The van der Waals surface area contributed by atoms with Crippen LogP contribution in [0.25, 0.3) is 5.57 Å². The Balaban J connectivity index is 1.98. The molecular formula is C19H26FN3O2. The minimum atomic E-state index is -0.326. The molecule has 1 aliphatic rings. The lowest BCUT2D eigenvalue weighted by molar-refractivity contribution is -0.129. The van der Waals surface area contributed by atoms with Gasteiger partial charge in [0.25, 0.3) is 0 Å². The Kier molecular flexibility index (Phi) is 6.70. The summed E-state index contributed by atoms with van der Waals surface area (Å²) in [7, 11) is 3.48. The molecular weight excluding hydrogens is 321 g/mol. The second kappa shape index (κ2) is 8.76. The molecule has 1 heterocycles. The molecule has 2 rings (SSSR count). The van der Waals surface area contributed by atoms with E-state index in [9.17, 15) is 14.0 Å². The summed E-state index contributed by atoms with van der Waals surface area (Å²) < 4.78 is 13.8. The monoisotopic (exact) mass is 347 g/mol. The minimum Gasteiger partial charge on any atom is -0.348 e. The van der Waals surface area contributed by atoms with E-state index in [-0.39, 0.29) is 17.6 Å². The molecule has 0 bridgehead atoms. The van der Waals surface area contributed by atoms with Crippen molar-refractivity contribution >= 4 is 17.4 Å². The Labute approximate surface area is 148 Å². The van der Waals surface area contributed by atoms with Crippen LogP contribution in [0.2, 0.25) is 0 Å². The van der Waals surface area contributed by atoms with Crippen molar-refractivity contribution in [1.82, 2.24) is 14.7 Å². The van der Waals surface area contributed by atoms with Gasteiger partial charge in [-0.2, -0.15) is 0 Å². The molecule has 0 radical (unpaired) electrons. The van der Waals surface area contributed by atoms with Gasteiger partial charge in [-0.3, -0.25) is 14.5 Å². The Hall–Kier alpha value is -2.21. The first-order valence-electron chi connectivity index (χ1n) is 8.53. The van der Waals surface area contributed by atoms with Crippen molar-refractivity contribution < 1.29 is 14.0 Å². The lowest BCUT2D eigenvalue weighted by Crippen LogP contribution is -2.39. The lowest BCUT2D eigenvalue weighted by Gasteiger charge is -2.22. The number of rotatable bonds is 4. The highest BCUT2D eigenvalue weighted by Gasteiger charge is 2.20. The SMILES string of the molecule is CC(=CC(=O)N1CCCN(CC(=O)N(C)C)CC1)c1ccccc1F. The molecule has 136 valence electrons. The van der Waals surface area contributed by atoms with Gasteiger partial charge in [0.1, 0.15) is 5.82 Å². The van der Waals surface area contributed by atoms with Crippen molar-refractivity contribution in [2.75, 3.05) is 46.8 Å². The van der Waals surface area contributed by atoms with E-state index < -0.39 is 0 Å². The molecule has 0 aromatic heterocycles. The number of hydrogen-bond acceptors (Lipinski definition) is 3. The van der Waals surface area contributed by atoms with E-state index in [1.807, 2.05) is 0 Å². The highest BCUT2D eigenvalue weighted by atomic mass is 19.1. The predicted molar refractivity (Wildman–Crippen MR) is 96.4 cm³/mol. The van der Waals surface area contributed by atoms with Crippen LogP contribution in [0.4, 0.5) is 4.39 Å². The van der Waals surface area contributed by atoms with Gasteiger partial charge in [-0.25, -0.2) is 4.39 Å². The summed E-state index contributed by atoms with van der Waals surface area (Å²) in [6, 6.07) is 6.45. The number of carbonyl (C=O) groups excluding carboxylic acids is 2. The van der Waals surface area contributed by atoms with E-state index in [0.29, 0.717) is 37.3 Å². The molecule has 1 saturated heterocycles. The van der Waals surface area contributed by atoms with Gasteiger partial charge >= 0.3 is 0 Å². The third kappa shape index (κ3) is 5.39. The highest BCUT2D eigenvalue weighted by molar-refractivity contribution is 5.95. The van der Waals surface area contributed by atoms with Gasteiger partial charge in [0.15, 0.2) is 0 Å². The molecule has 0 aliphatic carbocycles. The summed E-state index contributed by atoms with van der Waals surface area (Å²) in [5.41, 5.74) is 1.07. The molecule has 5 nitrogen and oxygen atoms in total. The smallest absolute Gasteiger partial charge is 0.246 e. The lowest BCUT2D eigenvalue weighted by atomic mass is 10.1. The fourth-order valence-electron chi connectivity index (χ4n) is 2.82. The third-order valence-corrected chi connectivity index (χ3v) is 4.40. The van der Waals surface area contributed by atoms with Crippen LogP contribution in [0.1, 0.15) is 18.9 Å².